The van der Waals surface area contributed by atoms with E-state index in [1.165, 1.54) is 23.9 Å². The molecule has 0 bridgehead atoms. The van der Waals surface area contributed by atoms with Gasteiger partial charge in [-0.15, -0.1) is 10.2 Å². The number of hydrogen-bond donors (Lipinski definition) is 1. The number of nitro benzene ring substituents is 1. The van der Waals surface area contributed by atoms with E-state index in [4.69, 9.17) is 9.15 Å². The number of ether oxygens (including phenoxy) is 1. The normalized spacial score (nSPS) is 20.4. The molecule has 0 radical (unpaired) electrons. The van der Waals surface area contributed by atoms with Crippen molar-refractivity contribution in [3.63, 3.8) is 0 Å². The van der Waals surface area contributed by atoms with Crippen LogP contribution in [0.15, 0.2) is 33.9 Å². The Morgan fingerprint density at radius 3 is 3.04 bits per heavy atom. The number of thioether (sulfide) groups is 1. The second-order valence-corrected chi connectivity index (χ2v) is 7.76. The number of benzene rings is 1. The average Bonchev–Trinajstić information content (AvgIpc) is 3.09. The zero-order chi connectivity index (χ0) is 18.5. The molecule has 9 heteroatoms. The number of nitrogens with zero attached hydrogens (tertiary/aromatic N) is 3. The van der Waals surface area contributed by atoms with Gasteiger partial charge in [0.2, 0.25) is 5.89 Å². The standard InChI is InChI=1S/C17H22N4O4S/c1-12(2)9-20-6-7-24-15(10-20)11-26-17-19-18-16(25-17)13-4-3-5-14(8-13)21(22)23/h3-5,8,12,15H,6-7,9-11H2,1-2H3/p+1/t15-/m1/s1. The van der Waals surface area contributed by atoms with Crippen molar-refractivity contribution >= 4 is 17.4 Å². The molecule has 1 aromatic heterocycles. The molecule has 1 aliphatic heterocycles. The van der Waals surface area contributed by atoms with Crippen molar-refractivity contribution in [2.45, 2.75) is 25.2 Å². The summed E-state index contributed by atoms with van der Waals surface area (Å²) < 4.78 is 11.5. The van der Waals surface area contributed by atoms with Crippen LogP contribution in [0.4, 0.5) is 5.69 Å². The molecular formula is C17H23N4O4S+. The Bertz CT molecular complexity index is 752. The van der Waals surface area contributed by atoms with Crippen LogP contribution in [0.3, 0.4) is 0 Å². The van der Waals surface area contributed by atoms with Crippen molar-refractivity contribution < 1.29 is 19.0 Å². The lowest BCUT2D eigenvalue weighted by atomic mass is 10.2. The molecule has 2 atom stereocenters. The lowest BCUT2D eigenvalue weighted by molar-refractivity contribution is -0.914. The molecule has 0 spiro atoms. The van der Waals surface area contributed by atoms with Crippen molar-refractivity contribution in [1.82, 2.24) is 10.2 Å². The van der Waals surface area contributed by atoms with Gasteiger partial charge in [0.1, 0.15) is 19.2 Å². The fraction of sp³-hybridized carbons (Fsp3) is 0.529. The maximum atomic E-state index is 10.9. The topological polar surface area (TPSA) is 95.7 Å². The van der Waals surface area contributed by atoms with E-state index in [1.807, 2.05) is 0 Å². The van der Waals surface area contributed by atoms with Crippen LogP contribution >= 0.6 is 11.8 Å². The molecule has 1 fully saturated rings. The molecule has 1 aromatic carbocycles. The quantitative estimate of drug-likeness (QED) is 0.444. The highest BCUT2D eigenvalue weighted by atomic mass is 32.2. The highest BCUT2D eigenvalue weighted by Gasteiger charge is 2.25. The van der Waals surface area contributed by atoms with E-state index in [0.717, 1.165) is 32.0 Å². The summed E-state index contributed by atoms with van der Waals surface area (Å²) in [7, 11) is 0. The molecular weight excluding hydrogens is 356 g/mol. The molecule has 8 nitrogen and oxygen atoms in total. The maximum Gasteiger partial charge on any atom is 0.276 e. The van der Waals surface area contributed by atoms with E-state index >= 15 is 0 Å². The Labute approximate surface area is 156 Å². The minimum atomic E-state index is -0.443. The Balaban J connectivity index is 1.57. The predicted octanol–water partition coefficient (Wildman–Crippen LogP) is 1.68. The number of nitro groups is 1. The number of non-ortho nitro benzene ring substituents is 1. The number of rotatable bonds is 7. The number of nitrogens with one attached hydrogen (secondary N) is 1. The second kappa shape index (κ2) is 8.61. The van der Waals surface area contributed by atoms with Crippen molar-refractivity contribution in [2.24, 2.45) is 5.92 Å². The summed E-state index contributed by atoms with van der Waals surface area (Å²) in [6.07, 6.45) is 0.163. The van der Waals surface area contributed by atoms with Crippen LogP contribution in [0.2, 0.25) is 0 Å². The van der Waals surface area contributed by atoms with Crippen LogP contribution in [0.1, 0.15) is 13.8 Å². The van der Waals surface area contributed by atoms with Gasteiger partial charge in [0, 0.05) is 29.4 Å². The van der Waals surface area contributed by atoms with Gasteiger partial charge in [-0.3, -0.25) is 10.1 Å². The van der Waals surface area contributed by atoms with Gasteiger partial charge in [-0.1, -0.05) is 31.7 Å². The smallest absolute Gasteiger partial charge is 0.276 e. The molecule has 0 saturated carbocycles. The minimum Gasteiger partial charge on any atom is -0.411 e. The molecule has 0 aliphatic carbocycles. The fourth-order valence-electron chi connectivity index (χ4n) is 3.02. The highest BCUT2D eigenvalue weighted by molar-refractivity contribution is 7.99. The van der Waals surface area contributed by atoms with Gasteiger partial charge in [-0.25, -0.2) is 0 Å². The van der Waals surface area contributed by atoms with Gasteiger partial charge >= 0.3 is 0 Å². The summed E-state index contributed by atoms with van der Waals surface area (Å²) in [5, 5.41) is 19.4. The fourth-order valence-corrected chi connectivity index (χ4v) is 3.80. The molecule has 1 N–H and O–H groups in total. The first-order valence-electron chi connectivity index (χ1n) is 8.67. The Morgan fingerprint density at radius 1 is 1.42 bits per heavy atom. The minimum absolute atomic E-state index is 0.00118. The number of quaternary nitrogens is 1. The summed E-state index contributed by atoms with van der Waals surface area (Å²) in [4.78, 5) is 12.0. The SMILES string of the molecule is CC(C)C[NH+]1CCO[C@@H](CSc2nnc(-c3cccc([N+](=O)[O-])c3)o2)C1. The molecule has 140 valence electrons. The van der Waals surface area contributed by atoms with Gasteiger partial charge < -0.3 is 14.1 Å². The van der Waals surface area contributed by atoms with Crippen molar-refractivity contribution in [3.8, 4) is 11.5 Å². The molecule has 2 aromatic rings. The summed E-state index contributed by atoms with van der Waals surface area (Å²) in [5.41, 5.74) is 0.541. The van der Waals surface area contributed by atoms with Crippen LogP contribution in [-0.4, -0.2) is 53.2 Å². The van der Waals surface area contributed by atoms with Crippen molar-refractivity contribution in [3.05, 3.63) is 34.4 Å². The summed E-state index contributed by atoms with van der Waals surface area (Å²) in [6, 6.07) is 6.18. The van der Waals surface area contributed by atoms with E-state index in [1.54, 1.807) is 17.0 Å². The maximum absolute atomic E-state index is 10.9. The Kier molecular flexibility index (Phi) is 6.23. The second-order valence-electron chi connectivity index (χ2n) is 6.79. The number of morpholine rings is 1. The molecule has 3 rings (SSSR count). The summed E-state index contributed by atoms with van der Waals surface area (Å²) in [6.45, 7) is 8.44. The third-order valence-electron chi connectivity index (χ3n) is 4.13. The predicted molar refractivity (Wildman–Crippen MR) is 97.3 cm³/mol. The third-order valence-corrected chi connectivity index (χ3v) is 5.08. The molecule has 26 heavy (non-hydrogen) atoms. The van der Waals surface area contributed by atoms with Crippen molar-refractivity contribution in [1.29, 1.82) is 0 Å². The van der Waals surface area contributed by atoms with E-state index in [-0.39, 0.29) is 17.7 Å². The molecule has 1 saturated heterocycles. The monoisotopic (exact) mass is 379 g/mol. The van der Waals surface area contributed by atoms with Crippen molar-refractivity contribution in [2.75, 3.05) is 32.0 Å². The zero-order valence-electron chi connectivity index (χ0n) is 14.9. The Morgan fingerprint density at radius 2 is 2.27 bits per heavy atom. The van der Waals surface area contributed by atoms with Crippen LogP contribution < -0.4 is 4.90 Å². The molecule has 2 heterocycles. The average molecular weight is 379 g/mol. The largest absolute Gasteiger partial charge is 0.411 e. The lowest BCUT2D eigenvalue weighted by Crippen LogP contribution is -3.15. The highest BCUT2D eigenvalue weighted by Crippen LogP contribution is 2.26. The van der Waals surface area contributed by atoms with Crippen LogP contribution in [0.25, 0.3) is 11.5 Å². The number of aromatic nitrogens is 2. The van der Waals surface area contributed by atoms with Crippen LogP contribution in [0, 0.1) is 16.0 Å². The Hall–Kier alpha value is -1.97. The van der Waals surface area contributed by atoms with Crippen LogP contribution in [-0.2, 0) is 4.74 Å². The zero-order valence-corrected chi connectivity index (χ0v) is 15.7. The first-order valence-corrected chi connectivity index (χ1v) is 9.66. The van der Waals surface area contributed by atoms with E-state index in [9.17, 15) is 10.1 Å². The third kappa shape index (κ3) is 5.03. The first kappa shape index (κ1) is 18.8. The van der Waals surface area contributed by atoms with Gasteiger partial charge in [-0.05, 0) is 6.07 Å². The van der Waals surface area contributed by atoms with E-state index < -0.39 is 4.92 Å². The van der Waals surface area contributed by atoms with Gasteiger partial charge in [-0.2, -0.15) is 0 Å². The number of hydrogen-bond acceptors (Lipinski definition) is 7. The van der Waals surface area contributed by atoms with Gasteiger partial charge in [0.05, 0.1) is 18.1 Å². The first-order chi connectivity index (χ1) is 12.5. The van der Waals surface area contributed by atoms with Crippen LogP contribution in [0.5, 0.6) is 0 Å². The molecule has 1 aliphatic rings. The molecule has 0 amide bonds. The molecule has 1 unspecified atom stereocenters. The summed E-state index contributed by atoms with van der Waals surface area (Å²) >= 11 is 1.46. The van der Waals surface area contributed by atoms with Gasteiger partial charge in [0.15, 0.2) is 0 Å². The lowest BCUT2D eigenvalue weighted by Gasteiger charge is -2.30. The van der Waals surface area contributed by atoms with E-state index in [2.05, 4.69) is 24.0 Å². The van der Waals surface area contributed by atoms with Gasteiger partial charge in [0.25, 0.3) is 10.9 Å². The summed E-state index contributed by atoms with van der Waals surface area (Å²) in [5.74, 6) is 1.70. The van der Waals surface area contributed by atoms with E-state index in [0.29, 0.717) is 16.7 Å².